The first kappa shape index (κ1) is 20.5. The van der Waals surface area contributed by atoms with Crippen LogP contribution < -0.4 is 0 Å². The molecule has 0 saturated heterocycles. The summed E-state index contributed by atoms with van der Waals surface area (Å²) in [6.45, 7) is 3.44. The van der Waals surface area contributed by atoms with E-state index in [1.54, 1.807) is 11.9 Å². The number of benzene rings is 1. The number of hydroxylamine groups is 2. The van der Waals surface area contributed by atoms with Gasteiger partial charge >= 0.3 is 6.03 Å². The minimum atomic E-state index is -0.0890. The molecule has 4 heteroatoms. The molecule has 0 N–H and O–H groups in total. The van der Waals surface area contributed by atoms with Crippen molar-refractivity contribution in [3.63, 3.8) is 0 Å². The summed E-state index contributed by atoms with van der Waals surface area (Å²) >= 11 is 0. The molecule has 0 spiro atoms. The van der Waals surface area contributed by atoms with Gasteiger partial charge in [-0.2, -0.15) is 0 Å². The first-order valence-corrected chi connectivity index (χ1v) is 9.30. The Labute approximate surface area is 147 Å². The van der Waals surface area contributed by atoms with Crippen LogP contribution >= 0.6 is 0 Å². The Morgan fingerprint density at radius 2 is 1.50 bits per heavy atom. The molecule has 0 atom stereocenters. The standard InChI is InChI=1S/C20H34N2O2/c1-4-5-6-7-8-9-10-14-17-21(2)20(23)22(3)24-18-19-15-12-11-13-16-19/h11-13,15-16H,4-10,14,17-18H2,1-3H3. The predicted molar refractivity (Wildman–Crippen MR) is 99.6 cm³/mol. The van der Waals surface area contributed by atoms with Crippen LogP contribution in [0.4, 0.5) is 4.79 Å². The van der Waals surface area contributed by atoms with Crippen LogP contribution in [0, 0.1) is 0 Å². The van der Waals surface area contributed by atoms with Gasteiger partial charge in [-0.15, -0.1) is 0 Å². The maximum absolute atomic E-state index is 12.2. The van der Waals surface area contributed by atoms with Gasteiger partial charge in [0.15, 0.2) is 0 Å². The number of urea groups is 1. The third-order valence-electron chi connectivity index (χ3n) is 4.21. The van der Waals surface area contributed by atoms with Crippen molar-refractivity contribution in [2.75, 3.05) is 20.6 Å². The van der Waals surface area contributed by atoms with Crippen LogP contribution in [0.2, 0.25) is 0 Å². The SMILES string of the molecule is CCCCCCCCCCN(C)C(=O)N(C)OCc1ccccc1. The number of carbonyl (C=O) groups excluding carboxylic acids is 1. The summed E-state index contributed by atoms with van der Waals surface area (Å²) in [5.41, 5.74) is 1.06. The zero-order valence-corrected chi connectivity index (χ0v) is 15.7. The van der Waals surface area contributed by atoms with Crippen LogP contribution in [-0.2, 0) is 11.4 Å². The van der Waals surface area contributed by atoms with Crippen LogP contribution in [0.1, 0.15) is 63.9 Å². The third-order valence-corrected chi connectivity index (χ3v) is 4.21. The average Bonchev–Trinajstić information content (AvgIpc) is 2.62. The van der Waals surface area contributed by atoms with Gasteiger partial charge < -0.3 is 4.90 Å². The van der Waals surface area contributed by atoms with Gasteiger partial charge in [0.25, 0.3) is 0 Å². The molecular weight excluding hydrogens is 300 g/mol. The summed E-state index contributed by atoms with van der Waals surface area (Å²) in [6.07, 6.45) is 10.2. The van der Waals surface area contributed by atoms with Crippen LogP contribution in [-0.4, -0.2) is 36.6 Å². The molecule has 2 amide bonds. The van der Waals surface area contributed by atoms with Crippen molar-refractivity contribution in [1.29, 1.82) is 0 Å². The van der Waals surface area contributed by atoms with E-state index in [0.717, 1.165) is 18.5 Å². The summed E-state index contributed by atoms with van der Waals surface area (Å²) in [5, 5.41) is 1.33. The second-order valence-electron chi connectivity index (χ2n) is 6.44. The number of rotatable bonds is 12. The molecule has 1 aromatic carbocycles. The molecule has 0 saturated carbocycles. The molecule has 0 aliphatic heterocycles. The van der Waals surface area contributed by atoms with Crippen molar-refractivity contribution >= 4 is 6.03 Å². The zero-order valence-electron chi connectivity index (χ0n) is 15.7. The number of unbranched alkanes of at least 4 members (excludes halogenated alkanes) is 7. The highest BCUT2D eigenvalue weighted by Gasteiger charge is 2.14. The van der Waals surface area contributed by atoms with Crippen molar-refractivity contribution in [3.8, 4) is 0 Å². The first-order chi connectivity index (χ1) is 11.6. The van der Waals surface area contributed by atoms with Gasteiger partial charge in [-0.1, -0.05) is 82.2 Å². The summed E-state index contributed by atoms with van der Waals surface area (Å²) < 4.78 is 0. The molecule has 0 unspecified atom stereocenters. The second-order valence-corrected chi connectivity index (χ2v) is 6.44. The Morgan fingerprint density at radius 1 is 0.917 bits per heavy atom. The monoisotopic (exact) mass is 334 g/mol. The Balaban J connectivity index is 2.10. The molecule has 0 aliphatic rings. The molecular formula is C20H34N2O2. The lowest BCUT2D eigenvalue weighted by molar-refractivity contribution is -0.117. The lowest BCUT2D eigenvalue weighted by atomic mass is 10.1. The summed E-state index contributed by atoms with van der Waals surface area (Å²) in [7, 11) is 3.52. The quantitative estimate of drug-likeness (QED) is 0.387. The van der Waals surface area contributed by atoms with Crippen molar-refractivity contribution in [3.05, 3.63) is 35.9 Å². The highest BCUT2D eigenvalue weighted by Crippen LogP contribution is 2.09. The smallest absolute Gasteiger partial charge is 0.326 e. The van der Waals surface area contributed by atoms with E-state index in [4.69, 9.17) is 4.84 Å². The first-order valence-electron chi connectivity index (χ1n) is 9.30. The normalized spacial score (nSPS) is 10.6. The van der Waals surface area contributed by atoms with E-state index in [1.165, 1.54) is 50.0 Å². The number of hydrogen-bond acceptors (Lipinski definition) is 2. The van der Waals surface area contributed by atoms with Crippen LogP contribution in [0.3, 0.4) is 0 Å². The fraction of sp³-hybridized carbons (Fsp3) is 0.650. The summed E-state index contributed by atoms with van der Waals surface area (Å²) in [6, 6.07) is 9.79. The maximum Gasteiger partial charge on any atom is 0.343 e. The van der Waals surface area contributed by atoms with Crippen molar-refractivity contribution in [1.82, 2.24) is 9.96 Å². The maximum atomic E-state index is 12.2. The molecule has 1 aromatic rings. The lowest BCUT2D eigenvalue weighted by Crippen LogP contribution is -2.39. The molecule has 0 aliphatic carbocycles. The van der Waals surface area contributed by atoms with Gasteiger partial charge in [0.05, 0.1) is 0 Å². The largest absolute Gasteiger partial charge is 0.343 e. The Hall–Kier alpha value is -1.55. The van der Waals surface area contributed by atoms with E-state index < -0.39 is 0 Å². The van der Waals surface area contributed by atoms with Crippen LogP contribution in [0.5, 0.6) is 0 Å². The molecule has 1 rings (SSSR count). The van der Waals surface area contributed by atoms with Gasteiger partial charge in [0.1, 0.15) is 6.61 Å². The highest BCUT2D eigenvalue weighted by molar-refractivity contribution is 5.72. The molecule has 0 heterocycles. The van der Waals surface area contributed by atoms with Gasteiger partial charge in [-0.25, -0.2) is 9.86 Å². The van der Waals surface area contributed by atoms with Crippen LogP contribution in [0.25, 0.3) is 0 Å². The number of hydrogen-bond donors (Lipinski definition) is 0. The minimum absolute atomic E-state index is 0.0890. The van der Waals surface area contributed by atoms with E-state index in [-0.39, 0.29) is 6.03 Å². The van der Waals surface area contributed by atoms with Gasteiger partial charge in [-0.05, 0) is 12.0 Å². The molecule has 0 radical (unpaired) electrons. The molecule has 24 heavy (non-hydrogen) atoms. The molecule has 0 fully saturated rings. The molecule has 136 valence electrons. The van der Waals surface area contributed by atoms with E-state index in [0.29, 0.717) is 6.61 Å². The van der Waals surface area contributed by atoms with E-state index in [9.17, 15) is 4.79 Å². The van der Waals surface area contributed by atoms with E-state index >= 15 is 0 Å². The minimum Gasteiger partial charge on any atom is -0.326 e. The van der Waals surface area contributed by atoms with Crippen molar-refractivity contribution < 1.29 is 9.63 Å². The highest BCUT2D eigenvalue weighted by atomic mass is 16.7. The zero-order chi connectivity index (χ0) is 17.6. The number of carbonyl (C=O) groups is 1. The van der Waals surface area contributed by atoms with Gasteiger partial charge in [0, 0.05) is 20.6 Å². The van der Waals surface area contributed by atoms with E-state index in [1.807, 2.05) is 37.4 Å². The van der Waals surface area contributed by atoms with Gasteiger partial charge in [0.2, 0.25) is 0 Å². The van der Waals surface area contributed by atoms with Crippen molar-refractivity contribution in [2.24, 2.45) is 0 Å². The predicted octanol–water partition coefficient (Wildman–Crippen LogP) is 5.24. The second kappa shape index (κ2) is 12.8. The van der Waals surface area contributed by atoms with Crippen LogP contribution in [0.15, 0.2) is 30.3 Å². The van der Waals surface area contributed by atoms with E-state index in [2.05, 4.69) is 6.92 Å². The Bertz CT molecular complexity index is 437. The molecule has 4 nitrogen and oxygen atoms in total. The van der Waals surface area contributed by atoms with Crippen molar-refractivity contribution in [2.45, 2.75) is 64.9 Å². The average molecular weight is 335 g/mol. The third kappa shape index (κ3) is 8.92. The summed E-state index contributed by atoms with van der Waals surface area (Å²) in [5.74, 6) is 0. The van der Waals surface area contributed by atoms with Gasteiger partial charge in [-0.3, -0.25) is 4.84 Å². The Kier molecular flexibility index (Phi) is 10.9. The fourth-order valence-corrected chi connectivity index (χ4v) is 2.62. The fourth-order valence-electron chi connectivity index (χ4n) is 2.62. The summed E-state index contributed by atoms with van der Waals surface area (Å²) in [4.78, 5) is 19.5. The molecule has 0 aromatic heterocycles. The molecule has 0 bridgehead atoms. The topological polar surface area (TPSA) is 32.8 Å². The lowest BCUT2D eigenvalue weighted by Gasteiger charge is -2.24. The Morgan fingerprint density at radius 3 is 2.12 bits per heavy atom. The number of nitrogens with zero attached hydrogens (tertiary/aromatic N) is 2. The number of amides is 2.